The van der Waals surface area contributed by atoms with Gasteiger partial charge >= 0.3 is 12.1 Å². The molecular formula is C20H27NO5. The van der Waals surface area contributed by atoms with E-state index in [4.69, 9.17) is 9.47 Å². The number of aliphatic hydroxyl groups excluding tert-OH is 1. The van der Waals surface area contributed by atoms with Crippen LogP contribution < -0.4 is 0 Å². The summed E-state index contributed by atoms with van der Waals surface area (Å²) < 4.78 is 11.0. The van der Waals surface area contributed by atoms with Gasteiger partial charge in [0.1, 0.15) is 18.2 Å². The van der Waals surface area contributed by atoms with Crippen molar-refractivity contribution in [2.75, 3.05) is 0 Å². The van der Waals surface area contributed by atoms with Crippen molar-refractivity contribution in [3.63, 3.8) is 0 Å². The fourth-order valence-electron chi connectivity index (χ4n) is 3.89. The van der Waals surface area contributed by atoms with Crippen LogP contribution >= 0.6 is 0 Å². The normalized spacial score (nSPS) is 27.9. The molecular weight excluding hydrogens is 334 g/mol. The first-order chi connectivity index (χ1) is 12.3. The van der Waals surface area contributed by atoms with E-state index in [0.29, 0.717) is 12.8 Å². The Hall–Kier alpha value is -2.08. The Balaban J connectivity index is 1.75. The molecule has 1 aliphatic carbocycles. The lowest BCUT2D eigenvalue weighted by Gasteiger charge is -2.51. The first-order valence-electron chi connectivity index (χ1n) is 9.16. The second-order valence-corrected chi connectivity index (χ2v) is 8.13. The Morgan fingerprint density at radius 3 is 2.50 bits per heavy atom. The fraction of sp³-hybridized carbons (Fsp3) is 0.600. The number of carbonyl (C=O) groups is 2. The lowest BCUT2D eigenvalue weighted by Crippen LogP contribution is -2.66. The van der Waals surface area contributed by atoms with Crippen molar-refractivity contribution in [1.82, 2.24) is 4.90 Å². The summed E-state index contributed by atoms with van der Waals surface area (Å²) in [5, 5.41) is 10.3. The average molecular weight is 361 g/mol. The highest BCUT2D eigenvalue weighted by Gasteiger charge is 2.53. The number of hydrogen-bond acceptors (Lipinski definition) is 5. The second kappa shape index (κ2) is 7.27. The van der Waals surface area contributed by atoms with Crippen molar-refractivity contribution in [1.29, 1.82) is 0 Å². The lowest BCUT2D eigenvalue weighted by molar-refractivity contribution is -0.166. The van der Waals surface area contributed by atoms with Crippen molar-refractivity contribution in [2.24, 2.45) is 5.92 Å². The molecule has 6 nitrogen and oxygen atoms in total. The molecule has 4 rings (SSSR count). The molecule has 1 amide bonds. The van der Waals surface area contributed by atoms with Crippen molar-refractivity contribution in [3.05, 3.63) is 35.9 Å². The van der Waals surface area contributed by atoms with Crippen LogP contribution in [0.25, 0.3) is 0 Å². The lowest BCUT2D eigenvalue weighted by atomic mass is 9.73. The summed E-state index contributed by atoms with van der Waals surface area (Å²) >= 11 is 0. The first kappa shape index (κ1) is 18.7. The molecule has 2 heterocycles. The average Bonchev–Trinajstić information content (AvgIpc) is 2.58. The van der Waals surface area contributed by atoms with Gasteiger partial charge in [0.25, 0.3) is 0 Å². The minimum atomic E-state index is -0.698. The van der Waals surface area contributed by atoms with Crippen LogP contribution in [0, 0.1) is 5.92 Å². The zero-order chi connectivity index (χ0) is 18.9. The van der Waals surface area contributed by atoms with Crippen LogP contribution in [0.2, 0.25) is 0 Å². The smallest absolute Gasteiger partial charge is 0.411 e. The zero-order valence-electron chi connectivity index (χ0n) is 15.6. The van der Waals surface area contributed by atoms with Gasteiger partial charge in [0, 0.05) is 0 Å². The van der Waals surface area contributed by atoms with E-state index < -0.39 is 35.9 Å². The zero-order valence-corrected chi connectivity index (χ0v) is 15.6. The number of amides is 1. The number of fused-ring (bicyclic) bond motifs is 3. The molecule has 2 saturated heterocycles. The monoisotopic (exact) mass is 361 g/mol. The number of nitrogens with zero attached hydrogens (tertiary/aromatic N) is 1. The quantitative estimate of drug-likeness (QED) is 0.838. The third-order valence-electron chi connectivity index (χ3n) is 4.99. The summed E-state index contributed by atoms with van der Waals surface area (Å²) in [6, 6.07) is 8.34. The maximum absolute atomic E-state index is 12.8. The Bertz CT molecular complexity index is 654. The van der Waals surface area contributed by atoms with Crippen LogP contribution in [0.5, 0.6) is 0 Å². The second-order valence-electron chi connectivity index (χ2n) is 8.13. The van der Waals surface area contributed by atoms with E-state index in [1.807, 2.05) is 30.3 Å². The molecule has 0 radical (unpaired) electrons. The molecule has 0 spiro atoms. The van der Waals surface area contributed by atoms with Gasteiger partial charge in [-0.2, -0.15) is 0 Å². The minimum absolute atomic E-state index is 0.106. The van der Waals surface area contributed by atoms with E-state index in [2.05, 4.69) is 0 Å². The van der Waals surface area contributed by atoms with Crippen LogP contribution in [-0.2, 0) is 20.9 Å². The Kier molecular flexibility index (Phi) is 5.23. The summed E-state index contributed by atoms with van der Waals surface area (Å²) in [4.78, 5) is 26.9. The topological polar surface area (TPSA) is 76.1 Å². The standard InChI is InChI=1S/C20H27NO5/c1-20(2,3)26-19(24)21-15-10-9-14(11-16(15)22)17(21)18(23)25-12-13-7-5-4-6-8-13/h4-8,14-17,22H,9-12H2,1-3H3/t14-,15+,16+,17+/m1/s1. The Morgan fingerprint density at radius 1 is 1.19 bits per heavy atom. The van der Waals surface area contributed by atoms with Gasteiger partial charge in [-0.3, -0.25) is 4.90 Å². The van der Waals surface area contributed by atoms with Gasteiger partial charge in [-0.05, 0) is 51.5 Å². The van der Waals surface area contributed by atoms with E-state index in [0.717, 1.165) is 12.0 Å². The largest absolute Gasteiger partial charge is 0.459 e. The molecule has 26 heavy (non-hydrogen) atoms. The van der Waals surface area contributed by atoms with E-state index in [-0.39, 0.29) is 12.5 Å². The summed E-state index contributed by atoms with van der Waals surface area (Å²) in [5.74, 6) is -0.535. The van der Waals surface area contributed by atoms with Crippen molar-refractivity contribution in [3.8, 4) is 0 Å². The van der Waals surface area contributed by atoms with Crippen molar-refractivity contribution in [2.45, 2.75) is 70.4 Å². The summed E-state index contributed by atoms with van der Waals surface area (Å²) in [5.41, 5.74) is 0.225. The molecule has 2 aliphatic heterocycles. The fourth-order valence-corrected chi connectivity index (χ4v) is 3.89. The Labute approximate surface area is 154 Å². The third-order valence-corrected chi connectivity index (χ3v) is 4.99. The molecule has 4 atom stereocenters. The van der Waals surface area contributed by atoms with Crippen molar-refractivity contribution < 1.29 is 24.2 Å². The number of esters is 1. The molecule has 3 fully saturated rings. The van der Waals surface area contributed by atoms with E-state index >= 15 is 0 Å². The van der Waals surface area contributed by atoms with Crippen LogP contribution in [0.3, 0.4) is 0 Å². The number of rotatable bonds is 3. The number of aliphatic hydroxyl groups is 1. The molecule has 1 aromatic carbocycles. The molecule has 2 bridgehead atoms. The molecule has 6 heteroatoms. The van der Waals surface area contributed by atoms with Gasteiger partial charge in [0.15, 0.2) is 0 Å². The molecule has 1 N–H and O–H groups in total. The molecule has 3 aliphatic rings. The van der Waals surface area contributed by atoms with Crippen LogP contribution in [0.1, 0.15) is 45.6 Å². The van der Waals surface area contributed by atoms with Gasteiger partial charge in [0.05, 0.1) is 12.1 Å². The SMILES string of the molecule is CC(C)(C)OC(=O)N1[C@H](C(=O)OCc2ccccc2)[C@@H]2CC[C@H]1[C@@H](O)C2. The number of carbonyl (C=O) groups excluding carboxylic acids is 2. The van der Waals surface area contributed by atoms with Gasteiger partial charge in [-0.25, -0.2) is 9.59 Å². The number of benzene rings is 1. The highest BCUT2D eigenvalue weighted by Crippen LogP contribution is 2.41. The molecule has 142 valence electrons. The van der Waals surface area contributed by atoms with Crippen LogP contribution in [0.15, 0.2) is 30.3 Å². The molecule has 0 aromatic heterocycles. The Morgan fingerprint density at radius 2 is 1.88 bits per heavy atom. The van der Waals surface area contributed by atoms with E-state index in [9.17, 15) is 14.7 Å². The maximum atomic E-state index is 12.8. The van der Waals surface area contributed by atoms with Gasteiger partial charge in [-0.15, -0.1) is 0 Å². The number of hydrogen-bond donors (Lipinski definition) is 1. The van der Waals surface area contributed by atoms with E-state index in [1.165, 1.54) is 4.90 Å². The van der Waals surface area contributed by atoms with Gasteiger partial charge < -0.3 is 14.6 Å². The van der Waals surface area contributed by atoms with E-state index in [1.54, 1.807) is 20.8 Å². The van der Waals surface area contributed by atoms with Crippen molar-refractivity contribution >= 4 is 12.1 Å². The van der Waals surface area contributed by atoms with Gasteiger partial charge in [0.2, 0.25) is 0 Å². The predicted octanol–water partition coefficient (Wildman–Crippen LogP) is 2.88. The highest BCUT2D eigenvalue weighted by molar-refractivity contribution is 5.83. The number of piperidine rings is 2. The third kappa shape index (κ3) is 4.01. The summed E-state index contributed by atoms with van der Waals surface area (Å²) in [6.45, 7) is 5.52. The molecule has 0 unspecified atom stereocenters. The van der Waals surface area contributed by atoms with Crippen LogP contribution in [0.4, 0.5) is 4.79 Å². The van der Waals surface area contributed by atoms with Gasteiger partial charge in [-0.1, -0.05) is 30.3 Å². The number of ether oxygens (including phenoxy) is 2. The molecule has 1 saturated carbocycles. The maximum Gasteiger partial charge on any atom is 0.411 e. The predicted molar refractivity (Wildman–Crippen MR) is 95.2 cm³/mol. The summed E-state index contributed by atoms with van der Waals surface area (Å²) in [7, 11) is 0. The molecule has 1 aromatic rings. The van der Waals surface area contributed by atoms with Crippen LogP contribution in [-0.4, -0.2) is 45.9 Å². The highest BCUT2D eigenvalue weighted by atomic mass is 16.6. The summed E-state index contributed by atoms with van der Waals surface area (Å²) in [6.07, 6.45) is 0.793. The first-order valence-corrected chi connectivity index (χ1v) is 9.16. The minimum Gasteiger partial charge on any atom is -0.459 e.